The molecule has 0 saturated carbocycles. The average Bonchev–Trinajstić information content (AvgIpc) is 2.70. The smallest absolute Gasteiger partial charge is 0.209 e. The Balaban J connectivity index is 2.49. The first-order valence-electron chi connectivity index (χ1n) is 4.17. The summed E-state index contributed by atoms with van der Waals surface area (Å²) in [6.07, 6.45) is 1.58. The van der Waals surface area contributed by atoms with Crippen molar-refractivity contribution in [2.75, 3.05) is 0 Å². The zero-order valence-electron chi connectivity index (χ0n) is 7.51. The van der Waals surface area contributed by atoms with Crippen LogP contribution in [0.3, 0.4) is 0 Å². The maximum absolute atomic E-state index is 6.03. The second kappa shape index (κ2) is 4.44. The van der Waals surface area contributed by atoms with Gasteiger partial charge in [0.15, 0.2) is 5.76 Å². The first kappa shape index (κ1) is 10.8. The fourth-order valence-electron chi connectivity index (χ4n) is 1.19. The molecule has 5 heteroatoms. The lowest BCUT2D eigenvalue weighted by molar-refractivity contribution is 0.529. The molecule has 15 heavy (non-hydrogen) atoms. The van der Waals surface area contributed by atoms with E-state index < -0.39 is 0 Å². The Bertz CT molecular complexity index is 481. The summed E-state index contributed by atoms with van der Waals surface area (Å²) in [5, 5.41) is 0.939. The SMILES string of the molecule is ClCc1ncc(-c2cccc(Cl)c2Cl)o1. The highest BCUT2D eigenvalue weighted by Gasteiger charge is 2.11. The minimum absolute atomic E-state index is 0.234. The minimum Gasteiger partial charge on any atom is -0.439 e. The van der Waals surface area contributed by atoms with Crippen molar-refractivity contribution in [3.05, 3.63) is 40.3 Å². The van der Waals surface area contributed by atoms with Gasteiger partial charge in [0.25, 0.3) is 0 Å². The Morgan fingerprint density at radius 1 is 1.27 bits per heavy atom. The number of hydrogen-bond donors (Lipinski definition) is 0. The van der Waals surface area contributed by atoms with Crippen LogP contribution in [-0.4, -0.2) is 4.98 Å². The molecule has 2 rings (SSSR count). The number of hydrogen-bond acceptors (Lipinski definition) is 2. The summed E-state index contributed by atoms with van der Waals surface area (Å²) < 4.78 is 5.37. The van der Waals surface area contributed by atoms with Crippen LogP contribution in [0.25, 0.3) is 11.3 Å². The normalized spacial score (nSPS) is 10.6. The number of aromatic nitrogens is 1. The molecule has 0 radical (unpaired) electrons. The lowest BCUT2D eigenvalue weighted by atomic mass is 10.2. The number of oxazole rings is 1. The Labute approximate surface area is 102 Å². The van der Waals surface area contributed by atoms with Crippen LogP contribution in [0.15, 0.2) is 28.8 Å². The van der Waals surface area contributed by atoms with Crippen LogP contribution in [0.5, 0.6) is 0 Å². The molecule has 0 aliphatic carbocycles. The van der Waals surface area contributed by atoms with E-state index in [0.717, 1.165) is 0 Å². The molecular formula is C10H6Cl3NO. The van der Waals surface area contributed by atoms with Crippen molar-refractivity contribution in [3.8, 4) is 11.3 Å². The molecule has 78 valence electrons. The maximum Gasteiger partial charge on any atom is 0.209 e. The van der Waals surface area contributed by atoms with Crippen molar-refractivity contribution in [2.24, 2.45) is 0 Å². The number of halogens is 3. The summed E-state index contributed by atoms with van der Waals surface area (Å²) in [4.78, 5) is 3.98. The second-order valence-electron chi connectivity index (χ2n) is 2.85. The molecule has 2 nitrogen and oxygen atoms in total. The van der Waals surface area contributed by atoms with Gasteiger partial charge in [-0.2, -0.15) is 0 Å². The van der Waals surface area contributed by atoms with Crippen molar-refractivity contribution in [1.82, 2.24) is 4.98 Å². The van der Waals surface area contributed by atoms with E-state index in [1.807, 2.05) is 6.07 Å². The van der Waals surface area contributed by atoms with E-state index in [4.69, 9.17) is 39.2 Å². The van der Waals surface area contributed by atoms with Gasteiger partial charge in [0.05, 0.1) is 22.1 Å². The standard InChI is InChI=1S/C10H6Cl3NO/c11-4-9-14-5-8(15-9)6-2-1-3-7(12)10(6)13/h1-3,5H,4H2. The third kappa shape index (κ3) is 2.12. The summed E-state index contributed by atoms with van der Waals surface area (Å²) in [5.74, 6) is 1.26. The quantitative estimate of drug-likeness (QED) is 0.750. The lowest BCUT2D eigenvalue weighted by Crippen LogP contribution is -1.77. The molecule has 0 aliphatic rings. The fraction of sp³-hybridized carbons (Fsp3) is 0.100. The van der Waals surface area contributed by atoms with Gasteiger partial charge < -0.3 is 4.42 Å². The molecule has 0 spiro atoms. The van der Waals surface area contributed by atoms with Crippen LogP contribution in [-0.2, 0) is 5.88 Å². The van der Waals surface area contributed by atoms with Gasteiger partial charge in [0, 0.05) is 5.56 Å². The van der Waals surface area contributed by atoms with Gasteiger partial charge in [-0.15, -0.1) is 11.6 Å². The Kier molecular flexibility index (Phi) is 3.19. The lowest BCUT2D eigenvalue weighted by Gasteiger charge is -2.01. The van der Waals surface area contributed by atoms with E-state index in [1.54, 1.807) is 18.3 Å². The number of benzene rings is 1. The average molecular weight is 263 g/mol. The van der Waals surface area contributed by atoms with Crippen LogP contribution < -0.4 is 0 Å². The molecule has 0 bridgehead atoms. The predicted octanol–water partition coefficient (Wildman–Crippen LogP) is 4.39. The predicted molar refractivity (Wildman–Crippen MR) is 61.5 cm³/mol. The molecule has 1 heterocycles. The van der Waals surface area contributed by atoms with Gasteiger partial charge in [0.2, 0.25) is 5.89 Å². The third-order valence-corrected chi connectivity index (χ3v) is 2.93. The summed E-state index contributed by atoms with van der Waals surface area (Å²) in [5.41, 5.74) is 0.716. The first-order valence-corrected chi connectivity index (χ1v) is 5.46. The van der Waals surface area contributed by atoms with Gasteiger partial charge in [-0.05, 0) is 12.1 Å². The zero-order chi connectivity index (χ0) is 10.8. The van der Waals surface area contributed by atoms with E-state index >= 15 is 0 Å². The molecular weight excluding hydrogens is 256 g/mol. The summed E-state index contributed by atoms with van der Waals surface area (Å²) >= 11 is 17.5. The number of rotatable bonds is 2. The van der Waals surface area contributed by atoms with Gasteiger partial charge >= 0.3 is 0 Å². The largest absolute Gasteiger partial charge is 0.439 e. The molecule has 0 N–H and O–H groups in total. The van der Waals surface area contributed by atoms with Crippen LogP contribution in [0.4, 0.5) is 0 Å². The van der Waals surface area contributed by atoms with Gasteiger partial charge in [-0.1, -0.05) is 29.3 Å². The third-order valence-electron chi connectivity index (χ3n) is 1.88. The molecule has 1 aromatic carbocycles. The van der Waals surface area contributed by atoms with E-state index in [9.17, 15) is 0 Å². The Hall–Kier alpha value is -0.700. The summed E-state index contributed by atoms with van der Waals surface area (Å²) in [6.45, 7) is 0. The van der Waals surface area contributed by atoms with Crippen molar-refractivity contribution in [2.45, 2.75) is 5.88 Å². The van der Waals surface area contributed by atoms with E-state index in [0.29, 0.717) is 27.3 Å². The summed E-state index contributed by atoms with van der Waals surface area (Å²) in [6, 6.07) is 5.32. The monoisotopic (exact) mass is 261 g/mol. The van der Waals surface area contributed by atoms with Crippen molar-refractivity contribution >= 4 is 34.8 Å². The highest BCUT2D eigenvalue weighted by atomic mass is 35.5. The summed E-state index contributed by atoms with van der Waals surface area (Å²) in [7, 11) is 0. The number of alkyl halides is 1. The van der Waals surface area contributed by atoms with Crippen LogP contribution >= 0.6 is 34.8 Å². The van der Waals surface area contributed by atoms with Crippen LogP contribution in [0.2, 0.25) is 10.0 Å². The topological polar surface area (TPSA) is 26.0 Å². The van der Waals surface area contributed by atoms with E-state index in [-0.39, 0.29) is 5.88 Å². The van der Waals surface area contributed by atoms with Crippen molar-refractivity contribution in [1.29, 1.82) is 0 Å². The highest BCUT2D eigenvalue weighted by molar-refractivity contribution is 6.43. The van der Waals surface area contributed by atoms with E-state index in [2.05, 4.69) is 4.98 Å². The van der Waals surface area contributed by atoms with Gasteiger partial charge in [-0.25, -0.2) is 4.98 Å². The molecule has 1 aromatic heterocycles. The van der Waals surface area contributed by atoms with Crippen LogP contribution in [0.1, 0.15) is 5.89 Å². The molecule has 0 fully saturated rings. The second-order valence-corrected chi connectivity index (χ2v) is 3.91. The number of nitrogens with zero attached hydrogens (tertiary/aromatic N) is 1. The fourth-order valence-corrected chi connectivity index (χ4v) is 1.71. The first-order chi connectivity index (χ1) is 7.22. The van der Waals surface area contributed by atoms with Gasteiger partial charge in [-0.3, -0.25) is 0 Å². The molecule has 0 aliphatic heterocycles. The van der Waals surface area contributed by atoms with Gasteiger partial charge in [0.1, 0.15) is 0 Å². The molecule has 2 aromatic rings. The zero-order valence-corrected chi connectivity index (χ0v) is 9.77. The highest BCUT2D eigenvalue weighted by Crippen LogP contribution is 2.33. The molecule has 0 atom stereocenters. The molecule has 0 unspecified atom stereocenters. The minimum atomic E-state index is 0.234. The van der Waals surface area contributed by atoms with Crippen molar-refractivity contribution in [3.63, 3.8) is 0 Å². The molecule has 0 saturated heterocycles. The Morgan fingerprint density at radius 3 is 2.73 bits per heavy atom. The maximum atomic E-state index is 6.03. The molecule has 0 amide bonds. The van der Waals surface area contributed by atoms with E-state index in [1.165, 1.54) is 0 Å². The van der Waals surface area contributed by atoms with Crippen LogP contribution in [0, 0.1) is 0 Å². The Morgan fingerprint density at radius 2 is 2.07 bits per heavy atom. The van der Waals surface area contributed by atoms with Crippen molar-refractivity contribution < 1.29 is 4.42 Å².